The Morgan fingerprint density at radius 1 is 1.04 bits per heavy atom. The summed E-state index contributed by atoms with van der Waals surface area (Å²) < 4.78 is 0. The van der Waals surface area contributed by atoms with Crippen molar-refractivity contribution in [2.75, 3.05) is 20.1 Å². The topological polar surface area (TPSA) is 60.9 Å². The standard InChI is InChI=1S/C19H17Cl3N2O3/c1-23(18(25)11-2-5-13(20)6-3-11)17-10-24(19(26)27)9-14(17)12-4-7-15(21)16(22)8-12/h2-8,14,17H,9-10H2,1H3,(H,26,27). The molecule has 27 heavy (non-hydrogen) atoms. The van der Waals surface area contributed by atoms with Gasteiger partial charge in [-0.15, -0.1) is 0 Å². The molecule has 142 valence electrons. The lowest BCUT2D eigenvalue weighted by Crippen LogP contribution is -2.42. The van der Waals surface area contributed by atoms with E-state index in [2.05, 4.69) is 0 Å². The summed E-state index contributed by atoms with van der Waals surface area (Å²) >= 11 is 18.0. The van der Waals surface area contributed by atoms with Gasteiger partial charge in [-0.2, -0.15) is 0 Å². The first-order chi connectivity index (χ1) is 12.8. The molecule has 1 heterocycles. The molecule has 2 aromatic rings. The van der Waals surface area contributed by atoms with E-state index >= 15 is 0 Å². The molecule has 1 aliphatic heterocycles. The Morgan fingerprint density at radius 3 is 2.30 bits per heavy atom. The lowest BCUT2D eigenvalue weighted by molar-refractivity contribution is 0.0722. The number of amides is 2. The summed E-state index contributed by atoms with van der Waals surface area (Å²) in [7, 11) is 1.68. The van der Waals surface area contributed by atoms with E-state index in [4.69, 9.17) is 34.8 Å². The van der Waals surface area contributed by atoms with Gasteiger partial charge in [-0.05, 0) is 42.0 Å². The van der Waals surface area contributed by atoms with Crippen molar-refractivity contribution in [2.24, 2.45) is 0 Å². The Morgan fingerprint density at radius 2 is 1.70 bits per heavy atom. The average Bonchev–Trinajstić information content (AvgIpc) is 3.09. The van der Waals surface area contributed by atoms with Gasteiger partial charge in [-0.1, -0.05) is 40.9 Å². The fourth-order valence-corrected chi connectivity index (χ4v) is 3.79. The van der Waals surface area contributed by atoms with Gasteiger partial charge in [-0.25, -0.2) is 4.79 Å². The zero-order chi connectivity index (χ0) is 19.7. The van der Waals surface area contributed by atoms with Gasteiger partial charge in [0.15, 0.2) is 0 Å². The molecule has 8 heteroatoms. The fraction of sp³-hybridized carbons (Fsp3) is 0.263. The summed E-state index contributed by atoms with van der Waals surface area (Å²) in [4.78, 5) is 27.3. The molecule has 2 unspecified atom stereocenters. The van der Waals surface area contributed by atoms with Crippen molar-refractivity contribution in [3.63, 3.8) is 0 Å². The van der Waals surface area contributed by atoms with E-state index in [1.807, 2.05) is 6.07 Å². The van der Waals surface area contributed by atoms with Gasteiger partial charge in [0.2, 0.25) is 0 Å². The summed E-state index contributed by atoms with van der Waals surface area (Å²) in [5, 5.41) is 10.8. The van der Waals surface area contributed by atoms with Crippen molar-refractivity contribution in [3.8, 4) is 0 Å². The molecule has 0 aliphatic carbocycles. The zero-order valence-corrected chi connectivity index (χ0v) is 16.7. The molecule has 2 aromatic carbocycles. The predicted octanol–water partition coefficient (Wildman–Crippen LogP) is 4.86. The quantitative estimate of drug-likeness (QED) is 0.760. The Bertz CT molecular complexity index is 873. The number of hydrogen-bond acceptors (Lipinski definition) is 2. The molecule has 2 amide bonds. The second-order valence-corrected chi connectivity index (χ2v) is 7.71. The first kappa shape index (κ1) is 19.8. The number of carbonyl (C=O) groups is 2. The van der Waals surface area contributed by atoms with Crippen LogP contribution in [0.5, 0.6) is 0 Å². The van der Waals surface area contributed by atoms with E-state index in [9.17, 15) is 14.7 Å². The molecule has 0 bridgehead atoms. The largest absolute Gasteiger partial charge is 0.465 e. The van der Waals surface area contributed by atoms with Crippen LogP contribution in [0.15, 0.2) is 42.5 Å². The van der Waals surface area contributed by atoms with Gasteiger partial charge in [0, 0.05) is 36.6 Å². The highest BCUT2D eigenvalue weighted by molar-refractivity contribution is 6.42. The second-order valence-electron chi connectivity index (χ2n) is 6.46. The summed E-state index contributed by atoms with van der Waals surface area (Å²) in [6.07, 6.45) is -1.02. The maximum Gasteiger partial charge on any atom is 0.407 e. The molecular weight excluding hydrogens is 411 g/mol. The van der Waals surface area contributed by atoms with E-state index in [0.29, 0.717) is 20.6 Å². The van der Waals surface area contributed by atoms with Crippen LogP contribution in [0.4, 0.5) is 4.79 Å². The Balaban J connectivity index is 1.91. The molecule has 0 radical (unpaired) electrons. The number of rotatable bonds is 3. The molecule has 0 saturated carbocycles. The second kappa shape index (κ2) is 7.97. The number of benzene rings is 2. The highest BCUT2D eigenvalue weighted by Gasteiger charge is 2.40. The van der Waals surface area contributed by atoms with Gasteiger partial charge in [0.05, 0.1) is 16.1 Å². The molecule has 5 nitrogen and oxygen atoms in total. The lowest BCUT2D eigenvalue weighted by Gasteiger charge is -2.29. The summed E-state index contributed by atoms with van der Waals surface area (Å²) in [5.41, 5.74) is 1.33. The molecule has 2 atom stereocenters. The Labute approximate surface area is 172 Å². The van der Waals surface area contributed by atoms with E-state index in [0.717, 1.165) is 5.56 Å². The number of carbonyl (C=O) groups excluding carboxylic acids is 1. The Hall–Kier alpha value is -1.95. The van der Waals surface area contributed by atoms with Crippen LogP contribution in [-0.4, -0.2) is 53.1 Å². The molecule has 0 spiro atoms. The van der Waals surface area contributed by atoms with Crippen molar-refractivity contribution >= 4 is 46.8 Å². The van der Waals surface area contributed by atoms with Crippen LogP contribution in [0.25, 0.3) is 0 Å². The molecule has 1 fully saturated rings. The minimum Gasteiger partial charge on any atom is -0.465 e. The predicted molar refractivity (Wildman–Crippen MR) is 106 cm³/mol. The summed E-state index contributed by atoms with van der Waals surface area (Å²) in [6.45, 7) is 0.492. The molecule has 3 rings (SSSR count). The van der Waals surface area contributed by atoms with Gasteiger partial charge in [-0.3, -0.25) is 4.79 Å². The van der Waals surface area contributed by atoms with E-state index < -0.39 is 6.09 Å². The molecule has 0 aromatic heterocycles. The van der Waals surface area contributed by atoms with Crippen molar-refractivity contribution in [1.82, 2.24) is 9.80 Å². The first-order valence-corrected chi connectivity index (χ1v) is 9.37. The zero-order valence-electron chi connectivity index (χ0n) is 14.4. The van der Waals surface area contributed by atoms with Gasteiger partial charge >= 0.3 is 6.09 Å². The first-order valence-electron chi connectivity index (χ1n) is 8.23. The molecular formula is C19H17Cl3N2O3. The fourth-order valence-electron chi connectivity index (χ4n) is 3.35. The maximum absolute atomic E-state index is 12.9. The van der Waals surface area contributed by atoms with Crippen molar-refractivity contribution < 1.29 is 14.7 Å². The third kappa shape index (κ3) is 4.15. The summed E-state index contributed by atoms with van der Waals surface area (Å²) in [5.74, 6) is -0.411. The average molecular weight is 428 g/mol. The van der Waals surface area contributed by atoms with Crippen molar-refractivity contribution in [2.45, 2.75) is 12.0 Å². The van der Waals surface area contributed by atoms with Crippen LogP contribution in [0, 0.1) is 0 Å². The molecule has 1 saturated heterocycles. The van der Waals surface area contributed by atoms with Crippen LogP contribution in [0.1, 0.15) is 21.8 Å². The lowest BCUT2D eigenvalue weighted by atomic mass is 9.93. The maximum atomic E-state index is 12.9. The van der Waals surface area contributed by atoms with E-state index in [1.54, 1.807) is 48.3 Å². The number of halogens is 3. The minimum absolute atomic E-state index is 0.200. The van der Waals surface area contributed by atoms with Crippen molar-refractivity contribution in [1.29, 1.82) is 0 Å². The number of likely N-dealkylation sites (tertiary alicyclic amines) is 1. The number of nitrogens with zero attached hydrogens (tertiary/aromatic N) is 2. The van der Waals surface area contributed by atoms with Crippen LogP contribution < -0.4 is 0 Å². The van der Waals surface area contributed by atoms with Gasteiger partial charge in [0.1, 0.15) is 0 Å². The molecule has 1 N–H and O–H groups in total. The van der Waals surface area contributed by atoms with Gasteiger partial charge in [0.25, 0.3) is 5.91 Å². The van der Waals surface area contributed by atoms with Crippen LogP contribution >= 0.6 is 34.8 Å². The number of hydrogen-bond donors (Lipinski definition) is 1. The van der Waals surface area contributed by atoms with Crippen molar-refractivity contribution in [3.05, 3.63) is 68.7 Å². The van der Waals surface area contributed by atoms with E-state index in [1.165, 1.54) is 4.90 Å². The smallest absolute Gasteiger partial charge is 0.407 e. The summed E-state index contributed by atoms with van der Waals surface area (Å²) in [6, 6.07) is 11.5. The van der Waals surface area contributed by atoms with Crippen LogP contribution in [0.2, 0.25) is 15.1 Å². The highest BCUT2D eigenvalue weighted by atomic mass is 35.5. The minimum atomic E-state index is -1.02. The Kier molecular flexibility index (Phi) is 5.84. The number of carboxylic acid groups (broad SMARTS) is 1. The van der Waals surface area contributed by atoms with Crippen LogP contribution in [0.3, 0.4) is 0 Å². The highest BCUT2D eigenvalue weighted by Crippen LogP contribution is 2.34. The SMILES string of the molecule is CN(C(=O)c1ccc(Cl)cc1)C1CN(C(=O)O)CC1c1ccc(Cl)c(Cl)c1. The number of likely N-dealkylation sites (N-methyl/N-ethyl adjacent to an activating group) is 1. The van der Waals surface area contributed by atoms with E-state index in [-0.39, 0.29) is 31.0 Å². The third-order valence-electron chi connectivity index (χ3n) is 4.84. The monoisotopic (exact) mass is 426 g/mol. The van der Waals surface area contributed by atoms with Gasteiger partial charge < -0.3 is 14.9 Å². The third-order valence-corrected chi connectivity index (χ3v) is 5.83. The van der Waals surface area contributed by atoms with Crippen LogP contribution in [-0.2, 0) is 0 Å². The molecule has 1 aliphatic rings. The normalized spacial score (nSPS) is 19.2.